The van der Waals surface area contributed by atoms with Gasteiger partial charge in [0.1, 0.15) is 5.82 Å². The standard InChI is InChI=1S/C21H18FN3O2S2/c1-2-9-25-20(27)14-7-6-12(11-17(14)24-21(25)28)19(26)23-16-8-10-29-18-13(16)4-3-5-15(18)22/h2-7,11,16H,1,8-10H2,(H,23,26)(H,24,28). The van der Waals surface area contributed by atoms with Crippen LogP contribution >= 0.6 is 24.0 Å². The Bertz CT molecular complexity index is 1250. The molecule has 4 rings (SSSR count). The number of allylic oxidation sites excluding steroid dienone is 1. The van der Waals surface area contributed by atoms with Crippen molar-refractivity contribution in [3.8, 4) is 0 Å². The predicted molar refractivity (Wildman–Crippen MR) is 116 cm³/mol. The van der Waals surface area contributed by atoms with Crippen LogP contribution in [0.5, 0.6) is 0 Å². The predicted octanol–water partition coefficient (Wildman–Crippen LogP) is 4.35. The molecule has 1 atom stereocenters. The van der Waals surface area contributed by atoms with E-state index in [2.05, 4.69) is 16.9 Å². The van der Waals surface area contributed by atoms with E-state index in [0.717, 1.165) is 17.7 Å². The van der Waals surface area contributed by atoms with Gasteiger partial charge < -0.3 is 10.3 Å². The highest BCUT2D eigenvalue weighted by atomic mass is 32.2. The molecule has 0 bridgehead atoms. The Labute approximate surface area is 175 Å². The van der Waals surface area contributed by atoms with Crippen LogP contribution in [0, 0.1) is 10.6 Å². The summed E-state index contributed by atoms with van der Waals surface area (Å²) in [5.41, 5.74) is 1.46. The number of H-pyrrole nitrogens is 1. The first-order valence-corrected chi connectivity index (χ1v) is 10.5. The molecule has 1 unspecified atom stereocenters. The van der Waals surface area contributed by atoms with Crippen LogP contribution in [0.3, 0.4) is 0 Å². The lowest BCUT2D eigenvalue weighted by atomic mass is 10.0. The summed E-state index contributed by atoms with van der Waals surface area (Å²) in [5, 5.41) is 3.43. The van der Waals surface area contributed by atoms with E-state index in [0.29, 0.717) is 27.9 Å². The third-order valence-corrected chi connectivity index (χ3v) is 6.37. The third-order valence-electron chi connectivity index (χ3n) is 4.89. The number of fused-ring (bicyclic) bond motifs is 2. The molecule has 2 aromatic carbocycles. The van der Waals surface area contributed by atoms with Gasteiger partial charge in [-0.05, 0) is 48.5 Å². The zero-order valence-corrected chi connectivity index (χ0v) is 17.0. The molecule has 29 heavy (non-hydrogen) atoms. The van der Waals surface area contributed by atoms with Crippen molar-refractivity contribution in [2.75, 3.05) is 5.75 Å². The van der Waals surface area contributed by atoms with Crippen LogP contribution in [-0.4, -0.2) is 21.2 Å². The number of hydrogen-bond donors (Lipinski definition) is 2. The topological polar surface area (TPSA) is 66.9 Å². The number of carbonyl (C=O) groups is 1. The van der Waals surface area contributed by atoms with Crippen LogP contribution in [0.25, 0.3) is 10.9 Å². The maximum absolute atomic E-state index is 14.1. The molecule has 1 amide bonds. The number of rotatable bonds is 4. The molecule has 1 aliphatic heterocycles. The first-order chi connectivity index (χ1) is 14.0. The van der Waals surface area contributed by atoms with E-state index in [9.17, 15) is 14.0 Å². The van der Waals surface area contributed by atoms with Gasteiger partial charge in [-0.2, -0.15) is 0 Å². The van der Waals surface area contributed by atoms with Crippen LogP contribution in [0.2, 0.25) is 0 Å². The Morgan fingerprint density at radius 3 is 3.03 bits per heavy atom. The van der Waals surface area contributed by atoms with Crippen LogP contribution in [0.15, 0.2) is 58.7 Å². The highest BCUT2D eigenvalue weighted by Crippen LogP contribution is 2.37. The molecule has 0 aliphatic carbocycles. The van der Waals surface area contributed by atoms with Crippen molar-refractivity contribution in [3.63, 3.8) is 0 Å². The van der Waals surface area contributed by atoms with Gasteiger partial charge in [0.2, 0.25) is 0 Å². The molecule has 0 spiro atoms. The SMILES string of the molecule is C=CCn1c(=S)[nH]c2cc(C(=O)NC3CCSc4c(F)cccc43)ccc2c1=O. The van der Waals surface area contributed by atoms with E-state index in [1.165, 1.54) is 22.4 Å². The van der Waals surface area contributed by atoms with Crippen molar-refractivity contribution in [3.05, 3.63) is 81.1 Å². The molecule has 148 valence electrons. The van der Waals surface area contributed by atoms with Crippen molar-refractivity contribution in [1.29, 1.82) is 0 Å². The molecule has 0 saturated heterocycles. The van der Waals surface area contributed by atoms with E-state index in [4.69, 9.17) is 12.2 Å². The molecule has 1 aromatic heterocycles. The molecule has 2 heterocycles. The van der Waals surface area contributed by atoms with Crippen LogP contribution in [0.1, 0.15) is 28.4 Å². The Balaban J connectivity index is 1.66. The first-order valence-electron chi connectivity index (χ1n) is 9.09. The van der Waals surface area contributed by atoms with E-state index in [1.807, 2.05) is 6.07 Å². The lowest BCUT2D eigenvalue weighted by Crippen LogP contribution is -2.31. The van der Waals surface area contributed by atoms with Crippen LogP contribution in [0.4, 0.5) is 4.39 Å². The van der Waals surface area contributed by atoms with Crippen molar-refractivity contribution in [2.24, 2.45) is 0 Å². The molecule has 0 radical (unpaired) electrons. The molecule has 0 fully saturated rings. The highest BCUT2D eigenvalue weighted by molar-refractivity contribution is 7.99. The smallest absolute Gasteiger partial charge is 0.262 e. The summed E-state index contributed by atoms with van der Waals surface area (Å²) in [6, 6.07) is 9.51. The molecule has 1 aliphatic rings. The van der Waals surface area contributed by atoms with Crippen molar-refractivity contribution in [1.82, 2.24) is 14.9 Å². The summed E-state index contributed by atoms with van der Waals surface area (Å²) in [4.78, 5) is 29.0. The summed E-state index contributed by atoms with van der Waals surface area (Å²) >= 11 is 6.71. The van der Waals surface area contributed by atoms with Crippen LogP contribution < -0.4 is 10.9 Å². The molecular formula is C21H18FN3O2S2. The maximum Gasteiger partial charge on any atom is 0.262 e. The summed E-state index contributed by atoms with van der Waals surface area (Å²) in [5.74, 6) is 0.182. The average molecular weight is 428 g/mol. The first kappa shape index (κ1) is 19.6. The number of aromatic amines is 1. The Kier molecular flexibility index (Phi) is 5.38. The van der Waals surface area contributed by atoms with Crippen molar-refractivity contribution >= 4 is 40.8 Å². The number of benzene rings is 2. The number of thioether (sulfide) groups is 1. The number of amides is 1. The molecule has 5 nitrogen and oxygen atoms in total. The molecule has 8 heteroatoms. The average Bonchev–Trinajstić information content (AvgIpc) is 2.71. The van der Waals surface area contributed by atoms with Gasteiger partial charge in [-0.25, -0.2) is 4.39 Å². The van der Waals surface area contributed by atoms with Gasteiger partial charge in [0.05, 0.1) is 16.9 Å². The van der Waals surface area contributed by atoms with Crippen molar-refractivity contribution in [2.45, 2.75) is 23.9 Å². The Morgan fingerprint density at radius 2 is 2.24 bits per heavy atom. The van der Waals surface area contributed by atoms with Gasteiger partial charge in [-0.15, -0.1) is 18.3 Å². The minimum Gasteiger partial charge on any atom is -0.345 e. The number of nitrogens with zero attached hydrogens (tertiary/aromatic N) is 1. The monoisotopic (exact) mass is 427 g/mol. The minimum atomic E-state index is -0.284. The summed E-state index contributed by atoms with van der Waals surface area (Å²) in [6.45, 7) is 3.94. The number of carbonyl (C=O) groups excluding carboxylic acids is 1. The molecular weight excluding hydrogens is 409 g/mol. The number of hydrogen-bond acceptors (Lipinski definition) is 4. The Morgan fingerprint density at radius 1 is 1.41 bits per heavy atom. The van der Waals surface area contributed by atoms with Gasteiger partial charge in [0, 0.05) is 22.8 Å². The fraction of sp³-hybridized carbons (Fsp3) is 0.190. The second-order valence-electron chi connectivity index (χ2n) is 6.72. The molecule has 0 saturated carbocycles. The van der Waals surface area contributed by atoms with Crippen molar-refractivity contribution < 1.29 is 9.18 Å². The number of halogens is 1. The maximum atomic E-state index is 14.1. The minimum absolute atomic E-state index is 0.232. The largest absolute Gasteiger partial charge is 0.345 e. The van der Waals surface area contributed by atoms with Gasteiger partial charge in [0.15, 0.2) is 4.77 Å². The quantitative estimate of drug-likeness (QED) is 0.480. The number of aromatic nitrogens is 2. The lowest BCUT2D eigenvalue weighted by Gasteiger charge is -2.26. The summed E-state index contributed by atoms with van der Waals surface area (Å²) in [7, 11) is 0. The van der Waals surface area contributed by atoms with Gasteiger partial charge >= 0.3 is 0 Å². The van der Waals surface area contributed by atoms with Gasteiger partial charge in [-0.1, -0.05) is 18.2 Å². The highest BCUT2D eigenvalue weighted by Gasteiger charge is 2.25. The lowest BCUT2D eigenvalue weighted by molar-refractivity contribution is 0.0935. The van der Waals surface area contributed by atoms with Gasteiger partial charge in [0.25, 0.3) is 11.5 Å². The van der Waals surface area contributed by atoms with E-state index in [1.54, 1.807) is 30.3 Å². The summed E-state index contributed by atoms with van der Waals surface area (Å²) < 4.78 is 15.7. The number of nitrogens with one attached hydrogen (secondary N) is 2. The summed E-state index contributed by atoms with van der Waals surface area (Å²) in [6.07, 6.45) is 2.32. The van der Waals surface area contributed by atoms with E-state index < -0.39 is 0 Å². The molecule has 3 aromatic rings. The van der Waals surface area contributed by atoms with E-state index in [-0.39, 0.29) is 28.1 Å². The zero-order valence-electron chi connectivity index (χ0n) is 15.4. The fourth-order valence-corrected chi connectivity index (χ4v) is 4.88. The van der Waals surface area contributed by atoms with E-state index >= 15 is 0 Å². The third kappa shape index (κ3) is 3.65. The normalized spacial score (nSPS) is 15.7. The zero-order chi connectivity index (χ0) is 20.5. The van der Waals surface area contributed by atoms with Crippen LogP contribution in [-0.2, 0) is 6.54 Å². The van der Waals surface area contributed by atoms with Gasteiger partial charge in [-0.3, -0.25) is 14.2 Å². The molecule has 2 N–H and O–H groups in total. The second kappa shape index (κ2) is 7.96. The Hall–Kier alpha value is -2.71. The fourth-order valence-electron chi connectivity index (χ4n) is 3.47. The second-order valence-corrected chi connectivity index (χ2v) is 8.21.